The second-order valence-electron chi connectivity index (χ2n) is 13.4. The van der Waals surface area contributed by atoms with Crippen LogP contribution in [0, 0.1) is 11.8 Å². The Kier molecular flexibility index (Phi) is 13.9. The monoisotopic (exact) mass is 730 g/mol. The molecule has 7 heteroatoms. The van der Waals surface area contributed by atoms with Crippen molar-refractivity contribution in [3.8, 4) is 0 Å². The summed E-state index contributed by atoms with van der Waals surface area (Å²) in [6.07, 6.45) is 12.1. The van der Waals surface area contributed by atoms with Crippen molar-refractivity contribution in [2.45, 2.75) is 58.8 Å². The fourth-order valence-electron chi connectivity index (χ4n) is 7.47. The molecule has 260 valence electrons. The van der Waals surface area contributed by atoms with E-state index >= 15 is 0 Å². The van der Waals surface area contributed by atoms with E-state index in [1.54, 1.807) is 18.5 Å². The summed E-state index contributed by atoms with van der Waals surface area (Å²) in [5, 5.41) is 9.00. The summed E-state index contributed by atoms with van der Waals surface area (Å²) < 4.78 is 0.634. The van der Waals surface area contributed by atoms with Crippen molar-refractivity contribution >= 4 is 43.4 Å². The van der Waals surface area contributed by atoms with Gasteiger partial charge in [0, 0.05) is 37.9 Å². The van der Waals surface area contributed by atoms with E-state index in [-0.39, 0.29) is 7.43 Å². The van der Waals surface area contributed by atoms with Crippen LogP contribution in [0.25, 0.3) is 21.5 Å². The summed E-state index contributed by atoms with van der Waals surface area (Å²) in [7, 11) is 0. The van der Waals surface area contributed by atoms with Crippen LogP contribution in [-0.4, -0.2) is 46.1 Å². The van der Waals surface area contributed by atoms with Gasteiger partial charge in [0.05, 0.1) is 0 Å². The van der Waals surface area contributed by atoms with E-state index in [4.69, 9.17) is 0 Å². The molecule has 2 aromatic heterocycles. The van der Waals surface area contributed by atoms with E-state index < -0.39 is 0 Å². The number of benzene rings is 4. The molecule has 2 fully saturated rings. The van der Waals surface area contributed by atoms with E-state index in [9.17, 15) is 0 Å². The maximum absolute atomic E-state index is 4.39. The summed E-state index contributed by atoms with van der Waals surface area (Å²) in [5.74, 6) is 3.67. The van der Waals surface area contributed by atoms with Crippen LogP contribution in [0.15, 0.2) is 127 Å². The lowest BCUT2D eigenvalue weighted by molar-refractivity contribution is 0.485. The topological polar surface area (TPSA) is 66.8 Å². The van der Waals surface area contributed by atoms with E-state index in [1.807, 2.05) is 18.5 Å². The largest absolute Gasteiger partial charge is 0.341 e. The van der Waals surface area contributed by atoms with Crippen LogP contribution >= 0.6 is 15.9 Å². The molecule has 6 nitrogen and oxygen atoms in total. The first-order valence-electron chi connectivity index (χ1n) is 17.7. The third-order valence-electron chi connectivity index (χ3n) is 9.90. The number of hydrogen-bond donors (Lipinski definition) is 1. The highest BCUT2D eigenvalue weighted by Crippen LogP contribution is 2.34. The number of aromatic nitrogens is 4. The minimum absolute atomic E-state index is 0. The number of rotatable bonds is 7. The van der Waals surface area contributed by atoms with Crippen LogP contribution in [0.3, 0.4) is 0 Å². The summed E-state index contributed by atoms with van der Waals surface area (Å²) in [4.78, 5) is 18.7. The summed E-state index contributed by atoms with van der Waals surface area (Å²) in [5.41, 5.74) is 2.99. The van der Waals surface area contributed by atoms with Crippen LogP contribution in [0.1, 0.15) is 69.9 Å². The van der Waals surface area contributed by atoms with E-state index in [1.165, 1.54) is 71.4 Å². The molecule has 1 N–H and O–H groups in total. The zero-order valence-corrected chi connectivity index (χ0v) is 30.2. The van der Waals surface area contributed by atoms with Gasteiger partial charge in [-0.15, -0.1) is 0 Å². The number of nitrogens with one attached hydrogen (secondary N) is 1. The van der Waals surface area contributed by atoms with Gasteiger partial charge in [0.15, 0.2) is 4.73 Å². The molecule has 0 unspecified atom stereocenters. The lowest BCUT2D eigenvalue weighted by Gasteiger charge is -2.20. The molecule has 50 heavy (non-hydrogen) atoms. The van der Waals surface area contributed by atoms with E-state index in [0.29, 0.717) is 22.5 Å². The lowest BCUT2D eigenvalue weighted by Crippen LogP contribution is -2.22. The average molecular weight is 732 g/mol. The zero-order chi connectivity index (χ0) is 33.8. The quantitative estimate of drug-likeness (QED) is 0.165. The van der Waals surface area contributed by atoms with Gasteiger partial charge >= 0.3 is 0 Å². The van der Waals surface area contributed by atoms with Crippen molar-refractivity contribution in [3.63, 3.8) is 0 Å². The number of anilines is 1. The van der Waals surface area contributed by atoms with Gasteiger partial charge in [-0.1, -0.05) is 106 Å². The summed E-state index contributed by atoms with van der Waals surface area (Å²) in [6, 6.07) is 34.5. The molecule has 8 rings (SSSR count). The Hall–Kier alpha value is -4.20. The molecular formula is C43H51BrN6. The molecule has 2 saturated heterocycles. The minimum atomic E-state index is 0. The SMILES string of the molecule is Brc1ncccn1.C.C[C@@H](C[C@H]1CCN(c2ncccn2)C1)c1cccc2ccccc12.C[C@@H](C[C@H]1CCNC1)c1cccc2ccccc12. The molecule has 4 atom stereocenters. The number of nitrogens with zero attached hydrogens (tertiary/aromatic N) is 5. The lowest BCUT2D eigenvalue weighted by atomic mass is 9.87. The summed E-state index contributed by atoms with van der Waals surface area (Å²) in [6.45, 7) is 9.28. The van der Waals surface area contributed by atoms with Gasteiger partial charge in [0.2, 0.25) is 5.95 Å². The molecule has 6 aromatic rings. The molecule has 0 radical (unpaired) electrons. The van der Waals surface area contributed by atoms with Crippen LogP contribution in [0.5, 0.6) is 0 Å². The van der Waals surface area contributed by atoms with Gasteiger partial charge in [-0.2, -0.15) is 0 Å². The average Bonchev–Trinajstić information content (AvgIpc) is 3.85. The molecule has 2 aliphatic heterocycles. The second-order valence-corrected chi connectivity index (χ2v) is 14.1. The molecule has 4 aromatic carbocycles. The van der Waals surface area contributed by atoms with Gasteiger partial charge in [-0.3, -0.25) is 0 Å². The first kappa shape index (κ1) is 37.1. The summed E-state index contributed by atoms with van der Waals surface area (Å²) >= 11 is 3.09. The van der Waals surface area contributed by atoms with Crippen molar-refractivity contribution in [3.05, 3.63) is 138 Å². The van der Waals surface area contributed by atoms with Crippen molar-refractivity contribution in [2.75, 3.05) is 31.1 Å². The molecule has 0 aliphatic carbocycles. The molecule has 0 amide bonds. The first-order chi connectivity index (χ1) is 24.0. The normalized spacial score (nSPS) is 17.9. The molecule has 2 aliphatic rings. The third kappa shape index (κ3) is 9.95. The number of hydrogen-bond acceptors (Lipinski definition) is 6. The highest BCUT2D eigenvalue weighted by Gasteiger charge is 2.26. The molecule has 0 bridgehead atoms. The second kappa shape index (κ2) is 18.7. The Morgan fingerprint density at radius 2 is 1.18 bits per heavy atom. The standard InChI is InChI=1S/C21H23N3.C17H21N.C4H3BrN2.CH4/c1-16(19-9-4-7-18-6-2-3-8-20(18)19)14-17-10-13-24(15-17)21-22-11-5-12-23-21;1-13(11-14-9-10-18-12-14)16-8-4-6-15-5-2-3-7-17(15)16;5-4-6-2-1-3-7-4;/h2-9,11-12,16-17H,10,13-15H2,1H3;2-8,13-14,18H,9-12H2,1H3;1-3H;1H4/t16-,17+;13-,14+;;/m00../s1. The van der Waals surface area contributed by atoms with Gasteiger partial charge in [-0.05, 0) is 123 Å². The van der Waals surface area contributed by atoms with Crippen LogP contribution in [0.4, 0.5) is 5.95 Å². The van der Waals surface area contributed by atoms with E-state index in [0.717, 1.165) is 25.0 Å². The van der Waals surface area contributed by atoms with Gasteiger partial charge in [0.25, 0.3) is 0 Å². The predicted molar refractivity (Wildman–Crippen MR) is 214 cm³/mol. The number of fused-ring (bicyclic) bond motifs is 2. The Balaban J connectivity index is 0.000000164. The van der Waals surface area contributed by atoms with Crippen molar-refractivity contribution < 1.29 is 0 Å². The van der Waals surface area contributed by atoms with Crippen LogP contribution in [-0.2, 0) is 0 Å². The van der Waals surface area contributed by atoms with E-state index in [2.05, 4.69) is 145 Å². The Bertz CT molecular complexity index is 1870. The Labute approximate surface area is 307 Å². The molecule has 0 saturated carbocycles. The first-order valence-corrected chi connectivity index (χ1v) is 18.4. The predicted octanol–water partition coefficient (Wildman–Crippen LogP) is 10.5. The van der Waals surface area contributed by atoms with Crippen molar-refractivity contribution in [2.24, 2.45) is 11.8 Å². The Morgan fingerprint density at radius 3 is 1.70 bits per heavy atom. The van der Waals surface area contributed by atoms with Gasteiger partial charge in [-0.25, -0.2) is 19.9 Å². The molecule has 0 spiro atoms. The van der Waals surface area contributed by atoms with Crippen LogP contribution in [0.2, 0.25) is 0 Å². The maximum atomic E-state index is 4.39. The highest BCUT2D eigenvalue weighted by molar-refractivity contribution is 9.10. The maximum Gasteiger partial charge on any atom is 0.225 e. The highest BCUT2D eigenvalue weighted by atomic mass is 79.9. The smallest absolute Gasteiger partial charge is 0.225 e. The Morgan fingerprint density at radius 1 is 0.660 bits per heavy atom. The zero-order valence-electron chi connectivity index (χ0n) is 28.6. The minimum Gasteiger partial charge on any atom is -0.341 e. The number of halogens is 1. The van der Waals surface area contributed by atoms with Crippen molar-refractivity contribution in [1.29, 1.82) is 0 Å². The molecule has 4 heterocycles. The third-order valence-corrected chi connectivity index (χ3v) is 10.3. The van der Waals surface area contributed by atoms with Crippen LogP contribution < -0.4 is 10.2 Å². The molecular weight excluding hydrogens is 680 g/mol. The fourth-order valence-corrected chi connectivity index (χ4v) is 7.71. The fraction of sp³-hybridized carbons (Fsp3) is 0.349. The van der Waals surface area contributed by atoms with Gasteiger partial charge < -0.3 is 10.2 Å². The van der Waals surface area contributed by atoms with Crippen molar-refractivity contribution in [1.82, 2.24) is 25.3 Å². The van der Waals surface area contributed by atoms with Gasteiger partial charge in [0.1, 0.15) is 0 Å².